The number of benzene rings is 2. The van der Waals surface area contributed by atoms with Crippen molar-refractivity contribution in [2.45, 2.75) is 0 Å². The van der Waals surface area contributed by atoms with Crippen molar-refractivity contribution < 1.29 is 9.32 Å². The van der Waals surface area contributed by atoms with Crippen LogP contribution in [0.4, 0.5) is 5.69 Å². The van der Waals surface area contributed by atoms with Crippen molar-refractivity contribution in [1.29, 1.82) is 5.26 Å². The van der Waals surface area contributed by atoms with Gasteiger partial charge in [0.15, 0.2) is 5.56 Å². The van der Waals surface area contributed by atoms with E-state index in [1.165, 1.54) is 4.74 Å². The number of hydrogen-bond donors (Lipinski definition) is 1. The zero-order valence-electron chi connectivity index (χ0n) is 12.8. The summed E-state index contributed by atoms with van der Waals surface area (Å²) < 4.78 is 6.34. The summed E-state index contributed by atoms with van der Waals surface area (Å²) >= 11 is 0. The first-order valence-corrected chi connectivity index (χ1v) is 7.17. The second-order valence-corrected chi connectivity index (χ2v) is 5.11. The lowest BCUT2D eigenvalue weighted by Gasteiger charge is -2.06. The third-order valence-corrected chi connectivity index (χ3v) is 3.52. The number of carbonyl (C=O) groups excluding carboxylic acids is 1. The van der Waals surface area contributed by atoms with Crippen LogP contribution >= 0.6 is 0 Å². The maximum absolute atomic E-state index is 12.5. The first-order valence-electron chi connectivity index (χ1n) is 7.17. The number of nitrogens with one attached hydrogen (secondary N) is 1. The van der Waals surface area contributed by atoms with Crippen LogP contribution in [0.15, 0.2) is 63.9 Å². The zero-order valence-corrected chi connectivity index (χ0v) is 12.8. The highest BCUT2D eigenvalue weighted by atomic mass is 16.5. The van der Waals surface area contributed by atoms with Crippen molar-refractivity contribution in [1.82, 2.24) is 4.74 Å². The van der Waals surface area contributed by atoms with E-state index in [0.717, 1.165) is 0 Å². The molecule has 118 valence electrons. The number of amides is 1. The Bertz CT molecular complexity index is 977. The molecule has 0 bridgehead atoms. The van der Waals surface area contributed by atoms with Crippen molar-refractivity contribution >= 4 is 11.6 Å². The van der Waals surface area contributed by atoms with Gasteiger partial charge in [-0.3, -0.25) is 4.79 Å². The van der Waals surface area contributed by atoms with Gasteiger partial charge in [0.2, 0.25) is 0 Å². The van der Waals surface area contributed by atoms with E-state index in [-0.39, 0.29) is 5.56 Å². The van der Waals surface area contributed by atoms with Gasteiger partial charge in [-0.15, -0.1) is 0 Å². The Labute approximate surface area is 137 Å². The molecule has 0 unspecified atom stereocenters. The molecule has 6 heteroatoms. The molecule has 1 heterocycles. The standard InChI is InChI=1S/C18H13N3O3/c1-21-16(13-5-3-2-4-6-13)15(18(23)24-21)17(22)20-14-9-7-12(11-19)8-10-14/h2-10H,1H3,(H,20,22). The molecule has 0 aliphatic rings. The minimum absolute atomic E-state index is 0.0620. The van der Waals surface area contributed by atoms with Crippen molar-refractivity contribution in [3.63, 3.8) is 0 Å². The second kappa shape index (κ2) is 6.26. The molecule has 0 aliphatic carbocycles. The molecule has 2 aromatic carbocycles. The van der Waals surface area contributed by atoms with Crippen molar-refractivity contribution in [3.8, 4) is 17.3 Å². The first-order chi connectivity index (χ1) is 11.6. The fourth-order valence-corrected chi connectivity index (χ4v) is 2.41. The van der Waals surface area contributed by atoms with Gasteiger partial charge in [0.1, 0.15) is 5.69 Å². The quantitative estimate of drug-likeness (QED) is 0.804. The van der Waals surface area contributed by atoms with Gasteiger partial charge in [-0.05, 0) is 24.3 Å². The number of hydrogen-bond acceptors (Lipinski definition) is 4. The molecule has 1 amide bonds. The van der Waals surface area contributed by atoms with Gasteiger partial charge < -0.3 is 9.84 Å². The Balaban J connectivity index is 1.98. The average molecular weight is 319 g/mol. The van der Waals surface area contributed by atoms with Crippen LogP contribution in [-0.2, 0) is 7.05 Å². The molecule has 1 aromatic heterocycles. The predicted octanol–water partition coefficient (Wildman–Crippen LogP) is 2.77. The Morgan fingerprint density at radius 3 is 2.42 bits per heavy atom. The predicted molar refractivity (Wildman–Crippen MR) is 88.5 cm³/mol. The van der Waals surface area contributed by atoms with Gasteiger partial charge in [0, 0.05) is 18.3 Å². The highest BCUT2D eigenvalue weighted by Gasteiger charge is 2.23. The van der Waals surface area contributed by atoms with Gasteiger partial charge in [0.05, 0.1) is 11.6 Å². The molecule has 24 heavy (non-hydrogen) atoms. The van der Waals surface area contributed by atoms with Crippen LogP contribution in [0.25, 0.3) is 11.3 Å². The first kappa shape index (κ1) is 15.3. The van der Waals surface area contributed by atoms with E-state index in [1.54, 1.807) is 43.4 Å². The summed E-state index contributed by atoms with van der Waals surface area (Å²) in [6, 6.07) is 17.4. The van der Waals surface area contributed by atoms with Crippen molar-refractivity contribution in [2.75, 3.05) is 5.32 Å². The average Bonchev–Trinajstić information content (AvgIpc) is 2.90. The Hall–Kier alpha value is -3.59. The molecule has 0 atom stereocenters. The largest absolute Gasteiger partial charge is 0.370 e. The van der Waals surface area contributed by atoms with Crippen LogP contribution < -0.4 is 10.9 Å². The summed E-state index contributed by atoms with van der Waals surface area (Å²) in [6.45, 7) is 0. The number of aromatic nitrogens is 1. The minimum atomic E-state index is -0.706. The minimum Gasteiger partial charge on any atom is -0.335 e. The molecule has 0 radical (unpaired) electrons. The third-order valence-electron chi connectivity index (χ3n) is 3.52. The van der Waals surface area contributed by atoms with Crippen LogP contribution in [0, 0.1) is 11.3 Å². The summed E-state index contributed by atoms with van der Waals surface area (Å²) in [5, 5.41) is 11.4. The maximum atomic E-state index is 12.5. The number of aryl methyl sites for hydroxylation is 1. The fourth-order valence-electron chi connectivity index (χ4n) is 2.41. The summed E-state index contributed by atoms with van der Waals surface area (Å²) in [7, 11) is 1.57. The SMILES string of the molecule is Cn1oc(=O)c(C(=O)Nc2ccc(C#N)cc2)c1-c1ccccc1. The number of carbonyl (C=O) groups is 1. The smallest absolute Gasteiger partial charge is 0.335 e. The fraction of sp³-hybridized carbons (Fsp3) is 0.0556. The Kier molecular flexibility index (Phi) is 4.00. The number of rotatable bonds is 3. The van der Waals surface area contributed by atoms with Gasteiger partial charge in [-0.2, -0.15) is 5.26 Å². The number of nitriles is 1. The van der Waals surface area contributed by atoms with Crippen molar-refractivity contribution in [2.24, 2.45) is 7.05 Å². The molecule has 6 nitrogen and oxygen atoms in total. The Morgan fingerprint density at radius 1 is 1.12 bits per heavy atom. The van der Waals surface area contributed by atoms with E-state index in [2.05, 4.69) is 5.32 Å². The van der Waals surface area contributed by atoms with E-state index in [0.29, 0.717) is 22.5 Å². The zero-order chi connectivity index (χ0) is 17.1. The lowest BCUT2D eigenvalue weighted by molar-refractivity contribution is 0.102. The summed E-state index contributed by atoms with van der Waals surface area (Å²) in [4.78, 5) is 24.6. The molecular formula is C18H13N3O3. The summed E-state index contributed by atoms with van der Waals surface area (Å²) in [5.41, 5.74) is 1.32. The second-order valence-electron chi connectivity index (χ2n) is 5.11. The van der Waals surface area contributed by atoms with Gasteiger partial charge in [-0.1, -0.05) is 30.3 Å². The highest BCUT2D eigenvalue weighted by Crippen LogP contribution is 2.22. The molecule has 1 N–H and O–H groups in total. The number of anilines is 1. The van der Waals surface area contributed by atoms with Gasteiger partial charge in [-0.25, -0.2) is 9.53 Å². The van der Waals surface area contributed by atoms with Crippen LogP contribution in [0.2, 0.25) is 0 Å². The van der Waals surface area contributed by atoms with Crippen LogP contribution in [0.5, 0.6) is 0 Å². The maximum Gasteiger partial charge on any atom is 0.370 e. The monoisotopic (exact) mass is 319 g/mol. The Morgan fingerprint density at radius 2 is 1.79 bits per heavy atom. The van der Waals surface area contributed by atoms with E-state index in [9.17, 15) is 9.59 Å². The van der Waals surface area contributed by atoms with E-state index >= 15 is 0 Å². The summed E-state index contributed by atoms with van der Waals surface area (Å²) in [6.07, 6.45) is 0. The molecular weight excluding hydrogens is 306 g/mol. The third kappa shape index (κ3) is 2.83. The van der Waals surface area contributed by atoms with Gasteiger partial charge in [0.25, 0.3) is 5.91 Å². The van der Waals surface area contributed by atoms with Crippen LogP contribution in [-0.4, -0.2) is 10.6 Å². The van der Waals surface area contributed by atoms with E-state index < -0.39 is 11.5 Å². The van der Waals surface area contributed by atoms with Gasteiger partial charge >= 0.3 is 5.63 Å². The molecule has 0 saturated heterocycles. The summed E-state index contributed by atoms with van der Waals surface area (Å²) in [5.74, 6) is -0.562. The van der Waals surface area contributed by atoms with E-state index in [4.69, 9.17) is 9.78 Å². The number of nitrogens with zero attached hydrogens (tertiary/aromatic N) is 2. The van der Waals surface area contributed by atoms with Crippen LogP contribution in [0.1, 0.15) is 15.9 Å². The van der Waals surface area contributed by atoms with Crippen molar-refractivity contribution in [3.05, 3.63) is 76.1 Å². The lowest BCUT2D eigenvalue weighted by atomic mass is 10.1. The van der Waals surface area contributed by atoms with E-state index in [1.807, 2.05) is 24.3 Å². The molecule has 3 rings (SSSR count). The molecule has 0 aliphatic heterocycles. The van der Waals surface area contributed by atoms with Crippen LogP contribution in [0.3, 0.4) is 0 Å². The molecule has 0 spiro atoms. The molecule has 0 fully saturated rings. The highest BCUT2D eigenvalue weighted by molar-refractivity contribution is 6.07. The topological polar surface area (TPSA) is 88.0 Å². The normalized spacial score (nSPS) is 10.2. The molecule has 3 aromatic rings. The lowest BCUT2D eigenvalue weighted by Crippen LogP contribution is -2.19. The molecule has 0 saturated carbocycles.